The first kappa shape index (κ1) is 21.2. The van der Waals surface area contributed by atoms with E-state index in [9.17, 15) is 9.18 Å². The molecule has 0 spiro atoms. The zero-order valence-corrected chi connectivity index (χ0v) is 17.6. The van der Waals surface area contributed by atoms with Crippen molar-refractivity contribution in [1.82, 2.24) is 5.43 Å². The lowest BCUT2D eigenvalue weighted by Gasteiger charge is -2.10. The van der Waals surface area contributed by atoms with Crippen molar-refractivity contribution in [2.24, 2.45) is 5.10 Å². The first-order chi connectivity index (χ1) is 14.5. The third-order valence-electron chi connectivity index (χ3n) is 4.20. The van der Waals surface area contributed by atoms with Gasteiger partial charge < -0.3 is 4.74 Å². The Morgan fingerprint density at radius 3 is 2.67 bits per heavy atom. The van der Waals surface area contributed by atoms with Crippen LogP contribution in [0.2, 0.25) is 0 Å². The predicted molar refractivity (Wildman–Crippen MR) is 116 cm³/mol. The summed E-state index contributed by atoms with van der Waals surface area (Å²) in [6.45, 7) is 2.40. The Labute approximate surface area is 181 Å². The minimum Gasteiger partial charge on any atom is -0.488 e. The van der Waals surface area contributed by atoms with Gasteiger partial charge in [-0.25, -0.2) is 9.82 Å². The summed E-state index contributed by atoms with van der Waals surface area (Å²) >= 11 is 3.40. The molecule has 30 heavy (non-hydrogen) atoms. The number of nitrogens with one attached hydrogen (secondary N) is 1. The molecule has 150 valence electrons. The van der Waals surface area contributed by atoms with Gasteiger partial charge in [-0.15, -0.1) is 0 Å². The van der Waals surface area contributed by atoms with Crippen LogP contribution in [0, 0.1) is 24.1 Å². The summed E-state index contributed by atoms with van der Waals surface area (Å²) in [5, 5.41) is 12.7. The van der Waals surface area contributed by atoms with Gasteiger partial charge in [-0.3, -0.25) is 4.79 Å². The highest BCUT2D eigenvalue weighted by Crippen LogP contribution is 2.23. The molecular formula is C23H17BrFN3O2. The third-order valence-corrected chi connectivity index (χ3v) is 4.69. The van der Waals surface area contributed by atoms with Gasteiger partial charge in [0.15, 0.2) is 0 Å². The van der Waals surface area contributed by atoms with Crippen molar-refractivity contribution in [3.05, 3.63) is 98.8 Å². The molecule has 0 radical (unpaired) electrons. The van der Waals surface area contributed by atoms with Crippen LogP contribution in [0.25, 0.3) is 0 Å². The summed E-state index contributed by atoms with van der Waals surface area (Å²) in [6, 6.07) is 18.9. The highest BCUT2D eigenvalue weighted by atomic mass is 79.9. The summed E-state index contributed by atoms with van der Waals surface area (Å²) in [4.78, 5) is 12.2. The maximum atomic E-state index is 14.0. The summed E-state index contributed by atoms with van der Waals surface area (Å²) < 4.78 is 20.7. The van der Waals surface area contributed by atoms with Crippen LogP contribution in [0.5, 0.6) is 5.75 Å². The normalized spacial score (nSPS) is 10.6. The minimum atomic E-state index is -0.786. The Morgan fingerprint density at radius 2 is 1.97 bits per heavy atom. The molecule has 0 saturated carbocycles. The molecule has 3 aromatic rings. The molecule has 1 N–H and O–H groups in total. The Bertz CT molecular complexity index is 1140. The lowest BCUT2D eigenvalue weighted by atomic mass is 10.1. The number of amides is 1. The van der Waals surface area contributed by atoms with Gasteiger partial charge in [0.2, 0.25) is 0 Å². The van der Waals surface area contributed by atoms with E-state index in [2.05, 4.69) is 26.5 Å². The van der Waals surface area contributed by atoms with Gasteiger partial charge in [-0.2, -0.15) is 10.4 Å². The maximum Gasteiger partial charge on any atom is 0.274 e. The van der Waals surface area contributed by atoms with Crippen LogP contribution in [-0.2, 0) is 6.61 Å². The van der Waals surface area contributed by atoms with Crippen molar-refractivity contribution in [2.75, 3.05) is 0 Å². The fraction of sp³-hybridized carbons (Fsp3) is 0.0870. The van der Waals surface area contributed by atoms with Gasteiger partial charge in [-0.1, -0.05) is 45.8 Å². The van der Waals surface area contributed by atoms with Crippen molar-refractivity contribution in [3.8, 4) is 11.8 Å². The van der Waals surface area contributed by atoms with Crippen molar-refractivity contribution in [1.29, 1.82) is 5.26 Å². The molecule has 0 unspecified atom stereocenters. The zero-order chi connectivity index (χ0) is 21.5. The average molecular weight is 466 g/mol. The number of hydrogen-bond acceptors (Lipinski definition) is 4. The highest BCUT2D eigenvalue weighted by molar-refractivity contribution is 9.10. The number of rotatable bonds is 6. The average Bonchev–Trinajstić information content (AvgIpc) is 2.74. The van der Waals surface area contributed by atoms with Gasteiger partial charge in [0.1, 0.15) is 18.2 Å². The molecule has 0 heterocycles. The van der Waals surface area contributed by atoms with E-state index in [1.165, 1.54) is 23.9 Å². The molecule has 7 heteroatoms. The van der Waals surface area contributed by atoms with E-state index in [1.807, 2.05) is 43.3 Å². The topological polar surface area (TPSA) is 74.5 Å². The number of halogens is 2. The Balaban J connectivity index is 1.70. The fourth-order valence-electron chi connectivity index (χ4n) is 2.59. The molecule has 0 bridgehead atoms. The molecule has 0 aromatic heterocycles. The zero-order valence-electron chi connectivity index (χ0n) is 16.0. The van der Waals surface area contributed by atoms with Crippen LogP contribution in [0.4, 0.5) is 4.39 Å². The number of nitrogens with zero attached hydrogens (tertiary/aromatic N) is 2. The number of ether oxygens (including phenoxy) is 1. The quantitative estimate of drug-likeness (QED) is 0.405. The van der Waals surface area contributed by atoms with Gasteiger partial charge in [-0.05, 0) is 48.9 Å². The number of nitriles is 1. The van der Waals surface area contributed by atoms with Crippen LogP contribution in [0.15, 0.2) is 70.2 Å². The number of carbonyl (C=O) groups excluding carboxylic acids is 1. The maximum absolute atomic E-state index is 14.0. The molecule has 0 atom stereocenters. The highest BCUT2D eigenvalue weighted by Gasteiger charge is 2.11. The molecule has 1 amide bonds. The molecule has 0 aliphatic heterocycles. The van der Waals surface area contributed by atoms with Crippen molar-refractivity contribution < 1.29 is 13.9 Å². The van der Waals surface area contributed by atoms with Gasteiger partial charge in [0.05, 0.1) is 23.4 Å². The first-order valence-corrected chi connectivity index (χ1v) is 9.76. The minimum absolute atomic E-state index is 0.136. The van der Waals surface area contributed by atoms with Crippen molar-refractivity contribution in [2.45, 2.75) is 13.5 Å². The smallest absolute Gasteiger partial charge is 0.274 e. The van der Waals surface area contributed by atoms with E-state index < -0.39 is 11.7 Å². The van der Waals surface area contributed by atoms with E-state index in [-0.39, 0.29) is 11.1 Å². The lowest BCUT2D eigenvalue weighted by molar-refractivity contribution is 0.0951. The summed E-state index contributed by atoms with van der Waals surface area (Å²) in [7, 11) is 0. The number of carbonyl (C=O) groups is 1. The SMILES string of the molecule is Cc1ccc(COc2ccc(Br)cc2C=NNC(=O)c2ccc(C#N)cc2F)cc1. The van der Waals surface area contributed by atoms with Crippen LogP contribution in [-0.4, -0.2) is 12.1 Å². The van der Waals surface area contributed by atoms with Crippen molar-refractivity contribution in [3.63, 3.8) is 0 Å². The van der Waals surface area contributed by atoms with Gasteiger partial charge in [0.25, 0.3) is 5.91 Å². The molecule has 3 aromatic carbocycles. The summed E-state index contributed by atoms with van der Waals surface area (Å²) in [5.74, 6) is -0.919. The molecular weight excluding hydrogens is 449 g/mol. The monoisotopic (exact) mass is 465 g/mol. The second kappa shape index (κ2) is 9.81. The van der Waals surface area contributed by atoms with Gasteiger partial charge in [0, 0.05) is 10.0 Å². The molecule has 0 aliphatic rings. The lowest BCUT2D eigenvalue weighted by Crippen LogP contribution is -2.19. The third kappa shape index (κ3) is 5.52. The van der Waals surface area contributed by atoms with E-state index >= 15 is 0 Å². The number of benzene rings is 3. The van der Waals surface area contributed by atoms with E-state index in [0.717, 1.165) is 16.1 Å². The molecule has 0 fully saturated rings. The Hall–Kier alpha value is -3.50. The molecule has 5 nitrogen and oxygen atoms in total. The Morgan fingerprint density at radius 1 is 1.20 bits per heavy atom. The van der Waals surface area contributed by atoms with Crippen LogP contribution < -0.4 is 10.2 Å². The van der Waals surface area contributed by atoms with Crippen molar-refractivity contribution >= 4 is 28.1 Å². The van der Waals surface area contributed by atoms with E-state index in [0.29, 0.717) is 17.9 Å². The molecule has 0 aliphatic carbocycles. The predicted octanol–water partition coefficient (Wildman–Crippen LogP) is 5.11. The van der Waals surface area contributed by atoms with Crippen LogP contribution in [0.3, 0.4) is 0 Å². The fourth-order valence-corrected chi connectivity index (χ4v) is 2.97. The summed E-state index contributed by atoms with van der Waals surface area (Å²) in [5.41, 5.74) is 5.06. The van der Waals surface area contributed by atoms with E-state index in [4.69, 9.17) is 10.00 Å². The second-order valence-electron chi connectivity index (χ2n) is 6.46. The number of aryl methyl sites for hydroxylation is 1. The second-order valence-corrected chi connectivity index (χ2v) is 7.38. The number of hydrogen-bond donors (Lipinski definition) is 1. The first-order valence-electron chi connectivity index (χ1n) is 8.97. The Kier molecular flexibility index (Phi) is 6.94. The standard InChI is InChI=1S/C23H17BrFN3O2/c1-15-2-4-16(5-3-15)14-30-22-9-7-19(24)11-18(22)13-27-28-23(29)20-8-6-17(12-26)10-21(20)25/h2-11,13H,14H2,1H3,(H,28,29). The molecule has 3 rings (SSSR count). The largest absolute Gasteiger partial charge is 0.488 e. The van der Waals surface area contributed by atoms with Gasteiger partial charge >= 0.3 is 0 Å². The summed E-state index contributed by atoms with van der Waals surface area (Å²) in [6.07, 6.45) is 1.43. The van der Waals surface area contributed by atoms with Crippen LogP contribution in [0.1, 0.15) is 32.6 Å². The van der Waals surface area contributed by atoms with E-state index in [1.54, 1.807) is 12.1 Å². The van der Waals surface area contributed by atoms with Crippen LogP contribution >= 0.6 is 15.9 Å². The number of hydrazone groups is 1. The molecule has 0 saturated heterocycles.